The Morgan fingerprint density at radius 3 is 1.91 bits per heavy atom. The van der Waals surface area contributed by atoms with Crippen molar-refractivity contribution in [2.45, 2.75) is 24.1 Å². The van der Waals surface area contributed by atoms with Gasteiger partial charge in [0.05, 0.1) is 16.5 Å². The highest BCUT2D eigenvalue weighted by atomic mass is 35.5. The minimum absolute atomic E-state index is 0.161. The quantitative estimate of drug-likeness (QED) is 0.287. The summed E-state index contributed by atoms with van der Waals surface area (Å²) in [5.74, 6) is -2.00. The first-order valence-corrected chi connectivity index (χ1v) is 12.1. The molecular formula is C24H18Cl6N2O2. The van der Waals surface area contributed by atoms with Crippen LogP contribution in [-0.2, 0) is 4.79 Å². The maximum atomic E-state index is 13.2. The summed E-state index contributed by atoms with van der Waals surface area (Å²) >= 11 is 37.2. The van der Waals surface area contributed by atoms with Gasteiger partial charge in [0.1, 0.15) is 4.33 Å². The van der Waals surface area contributed by atoms with Crippen molar-refractivity contribution in [3.63, 3.8) is 0 Å². The van der Waals surface area contributed by atoms with Gasteiger partial charge in [-0.15, -0.1) is 23.2 Å². The van der Waals surface area contributed by atoms with Gasteiger partial charge in [-0.2, -0.15) is 0 Å². The fraction of sp³-hybridized carbons (Fsp3) is 0.167. The van der Waals surface area contributed by atoms with Crippen LogP contribution in [0.15, 0.2) is 54.6 Å². The number of rotatable bonds is 6. The van der Waals surface area contributed by atoms with Crippen molar-refractivity contribution in [3.8, 4) is 0 Å². The Labute approximate surface area is 227 Å². The Kier molecular flexibility index (Phi) is 8.67. The summed E-state index contributed by atoms with van der Waals surface area (Å²) in [6.07, 6.45) is 0. The van der Waals surface area contributed by atoms with Crippen LogP contribution in [0.3, 0.4) is 0 Å². The van der Waals surface area contributed by atoms with Crippen molar-refractivity contribution >= 4 is 92.8 Å². The largest absolute Gasteiger partial charge is 0.325 e. The molecule has 0 aliphatic heterocycles. The molecule has 3 aromatic rings. The Morgan fingerprint density at radius 1 is 0.794 bits per heavy atom. The molecule has 1 atom stereocenters. The van der Waals surface area contributed by atoms with Crippen LogP contribution < -0.4 is 10.6 Å². The van der Waals surface area contributed by atoms with Crippen LogP contribution in [0.4, 0.5) is 11.4 Å². The van der Waals surface area contributed by atoms with Gasteiger partial charge < -0.3 is 10.6 Å². The predicted octanol–water partition coefficient (Wildman–Crippen LogP) is 8.78. The smallest absolute Gasteiger partial charge is 0.257 e. The van der Waals surface area contributed by atoms with E-state index in [2.05, 4.69) is 10.6 Å². The summed E-state index contributed by atoms with van der Waals surface area (Å²) in [5.41, 5.74) is 2.28. The SMILES string of the molecule is Cc1cc(NC(=O)c2cc(NC(=O)C(c3cc(Cl)cc(Cl)c3)C(C)(Cl)Cl)ccc2Cl)ccc1Cl. The molecule has 0 aliphatic carbocycles. The zero-order valence-corrected chi connectivity index (χ0v) is 22.4. The number of carbonyl (C=O) groups is 2. The van der Waals surface area contributed by atoms with Crippen molar-refractivity contribution in [1.29, 1.82) is 0 Å². The number of amides is 2. The van der Waals surface area contributed by atoms with Gasteiger partial charge in [-0.25, -0.2) is 0 Å². The van der Waals surface area contributed by atoms with E-state index in [1.165, 1.54) is 25.1 Å². The predicted molar refractivity (Wildman–Crippen MR) is 144 cm³/mol. The number of halogens is 6. The Balaban J connectivity index is 1.87. The van der Waals surface area contributed by atoms with Crippen LogP contribution in [-0.4, -0.2) is 16.1 Å². The second-order valence-electron chi connectivity index (χ2n) is 7.69. The number of anilines is 2. The van der Waals surface area contributed by atoms with E-state index in [1.807, 2.05) is 6.92 Å². The summed E-state index contributed by atoms with van der Waals surface area (Å²) in [6, 6.07) is 14.3. The third-order valence-electron chi connectivity index (χ3n) is 4.88. The molecule has 0 saturated carbocycles. The highest BCUT2D eigenvalue weighted by Crippen LogP contribution is 2.40. The summed E-state index contributed by atoms with van der Waals surface area (Å²) in [6.45, 7) is 3.32. The molecule has 0 aromatic heterocycles. The Hall–Kier alpha value is -1.66. The van der Waals surface area contributed by atoms with Crippen molar-refractivity contribution in [1.82, 2.24) is 0 Å². The summed E-state index contributed by atoms with van der Waals surface area (Å²) < 4.78 is -1.49. The van der Waals surface area contributed by atoms with Gasteiger partial charge in [0.25, 0.3) is 5.91 Å². The van der Waals surface area contributed by atoms with Gasteiger partial charge in [-0.1, -0.05) is 46.4 Å². The number of benzene rings is 3. The summed E-state index contributed by atoms with van der Waals surface area (Å²) in [5, 5.41) is 6.97. The lowest BCUT2D eigenvalue weighted by Crippen LogP contribution is -2.32. The monoisotopic (exact) mass is 576 g/mol. The van der Waals surface area contributed by atoms with E-state index in [4.69, 9.17) is 69.6 Å². The van der Waals surface area contributed by atoms with Gasteiger partial charge >= 0.3 is 0 Å². The standard InChI is InChI=1S/C24H18Cl6N2O2/c1-12-7-16(3-5-19(12)27)31-22(33)18-11-17(4-6-20(18)28)32-23(34)21(24(2,29)30)13-8-14(25)10-15(26)9-13/h3-11,21H,1-2H3,(H,31,33)(H,32,34). The van der Waals surface area contributed by atoms with E-state index < -0.39 is 22.1 Å². The first-order chi connectivity index (χ1) is 15.8. The molecule has 0 spiro atoms. The first kappa shape index (κ1) is 26.9. The van der Waals surface area contributed by atoms with Crippen molar-refractivity contribution < 1.29 is 9.59 Å². The van der Waals surface area contributed by atoms with E-state index in [-0.39, 0.29) is 10.6 Å². The lowest BCUT2D eigenvalue weighted by molar-refractivity contribution is -0.117. The molecule has 10 heteroatoms. The van der Waals surface area contributed by atoms with E-state index in [9.17, 15) is 9.59 Å². The Morgan fingerprint density at radius 2 is 1.35 bits per heavy atom. The molecule has 34 heavy (non-hydrogen) atoms. The number of nitrogens with one attached hydrogen (secondary N) is 2. The topological polar surface area (TPSA) is 58.2 Å². The van der Waals surface area contributed by atoms with Crippen LogP contribution in [0.1, 0.15) is 34.3 Å². The average molecular weight is 579 g/mol. The van der Waals surface area contributed by atoms with Crippen molar-refractivity contribution in [2.75, 3.05) is 10.6 Å². The van der Waals surface area contributed by atoms with Gasteiger partial charge in [-0.3, -0.25) is 9.59 Å². The fourth-order valence-electron chi connectivity index (χ4n) is 3.33. The molecule has 178 valence electrons. The lowest BCUT2D eigenvalue weighted by atomic mass is 9.94. The molecule has 2 amide bonds. The van der Waals surface area contributed by atoms with Gasteiger partial charge in [0, 0.05) is 26.4 Å². The molecule has 3 aromatic carbocycles. The van der Waals surface area contributed by atoms with Crippen LogP contribution in [0.2, 0.25) is 20.1 Å². The zero-order valence-electron chi connectivity index (χ0n) is 17.9. The zero-order chi connectivity index (χ0) is 25.2. The van der Waals surface area contributed by atoms with E-state index in [0.717, 1.165) is 5.56 Å². The van der Waals surface area contributed by atoms with Crippen LogP contribution >= 0.6 is 69.6 Å². The van der Waals surface area contributed by atoms with Crippen molar-refractivity contribution in [2.24, 2.45) is 0 Å². The third kappa shape index (κ3) is 6.72. The second-order valence-corrected chi connectivity index (χ2v) is 11.1. The van der Waals surface area contributed by atoms with Crippen LogP contribution in [0.25, 0.3) is 0 Å². The van der Waals surface area contributed by atoms with E-state index >= 15 is 0 Å². The summed E-state index contributed by atoms with van der Waals surface area (Å²) in [4.78, 5) is 26.0. The molecule has 0 heterocycles. The highest BCUT2D eigenvalue weighted by Gasteiger charge is 2.37. The molecular weight excluding hydrogens is 561 g/mol. The molecule has 0 radical (unpaired) electrons. The molecule has 0 aliphatic rings. The molecule has 2 N–H and O–H groups in total. The average Bonchev–Trinajstić information content (AvgIpc) is 2.70. The number of aryl methyl sites for hydroxylation is 1. The highest BCUT2D eigenvalue weighted by molar-refractivity contribution is 6.50. The lowest BCUT2D eigenvalue weighted by Gasteiger charge is -2.26. The van der Waals surface area contributed by atoms with Crippen LogP contribution in [0, 0.1) is 6.92 Å². The third-order valence-corrected chi connectivity index (χ3v) is 6.51. The van der Waals surface area contributed by atoms with Gasteiger partial charge in [0.2, 0.25) is 5.91 Å². The van der Waals surface area contributed by atoms with E-state index in [0.29, 0.717) is 32.0 Å². The number of hydrogen-bond donors (Lipinski definition) is 2. The molecule has 1 unspecified atom stereocenters. The Bertz CT molecular complexity index is 1240. The molecule has 0 saturated heterocycles. The normalized spacial score (nSPS) is 12.2. The van der Waals surface area contributed by atoms with Crippen LogP contribution in [0.5, 0.6) is 0 Å². The minimum atomic E-state index is -1.49. The van der Waals surface area contributed by atoms with E-state index in [1.54, 1.807) is 36.4 Å². The maximum absolute atomic E-state index is 13.2. The number of carbonyl (C=O) groups excluding carboxylic acids is 2. The first-order valence-electron chi connectivity index (χ1n) is 9.87. The van der Waals surface area contributed by atoms with Gasteiger partial charge in [-0.05, 0) is 79.6 Å². The molecule has 4 nitrogen and oxygen atoms in total. The molecule has 0 fully saturated rings. The molecule has 3 rings (SSSR count). The second kappa shape index (κ2) is 10.9. The molecule has 0 bridgehead atoms. The number of hydrogen-bond acceptors (Lipinski definition) is 2. The van der Waals surface area contributed by atoms with Crippen molar-refractivity contribution in [3.05, 3.63) is 91.4 Å². The van der Waals surface area contributed by atoms with Gasteiger partial charge in [0.15, 0.2) is 0 Å². The summed E-state index contributed by atoms with van der Waals surface area (Å²) in [7, 11) is 0. The fourth-order valence-corrected chi connectivity index (χ4v) is 4.64. The minimum Gasteiger partial charge on any atom is -0.325 e. The number of alkyl halides is 2. The maximum Gasteiger partial charge on any atom is 0.257 e.